The minimum Gasteiger partial charge on any atom is -0.496 e. The third-order valence-electron chi connectivity index (χ3n) is 4.12. The van der Waals surface area contributed by atoms with E-state index in [1.54, 1.807) is 17.4 Å². The maximum absolute atomic E-state index is 12.4. The van der Waals surface area contributed by atoms with Crippen molar-refractivity contribution in [3.05, 3.63) is 44.6 Å². The summed E-state index contributed by atoms with van der Waals surface area (Å²) in [7, 11) is 1.42. The van der Waals surface area contributed by atoms with Crippen LogP contribution in [0.5, 0.6) is 5.75 Å². The number of carbonyl (C=O) groups excluding carboxylic acids is 1. The van der Waals surface area contributed by atoms with Gasteiger partial charge >= 0.3 is 0 Å². The van der Waals surface area contributed by atoms with Crippen molar-refractivity contribution in [2.24, 2.45) is 0 Å². The summed E-state index contributed by atoms with van der Waals surface area (Å²) in [5.74, 6) is 0.708. The first-order valence-corrected chi connectivity index (χ1v) is 10.1. The zero-order valence-electron chi connectivity index (χ0n) is 15.7. The summed E-state index contributed by atoms with van der Waals surface area (Å²) >= 11 is 2.89. The number of methoxy groups -OCH3 is 1. The lowest BCUT2D eigenvalue weighted by molar-refractivity contribution is -0.384. The van der Waals surface area contributed by atoms with Gasteiger partial charge in [0.1, 0.15) is 27.1 Å². The number of carbonyl (C=O) groups is 1. The van der Waals surface area contributed by atoms with Crippen molar-refractivity contribution in [2.45, 2.75) is 25.8 Å². The average Bonchev–Trinajstić information content (AvgIpc) is 2.93. The second-order valence-corrected chi connectivity index (χ2v) is 8.18. The quantitative estimate of drug-likeness (QED) is 0.276. The van der Waals surface area contributed by atoms with Crippen LogP contribution in [0.4, 0.5) is 11.4 Å². The van der Waals surface area contributed by atoms with E-state index in [0.29, 0.717) is 11.6 Å². The highest BCUT2D eigenvalue weighted by Gasteiger charge is 2.19. The fraction of sp³-hybridized carbons (Fsp3) is 0.278. The number of nitro groups is 1. The Morgan fingerprint density at radius 3 is 2.75 bits per heavy atom. The molecule has 0 aliphatic carbocycles. The zero-order chi connectivity index (χ0) is 20.4. The molecular formula is C18H18N4O4S2. The molecule has 0 fully saturated rings. The third-order valence-corrected chi connectivity index (χ3v) is 6.20. The summed E-state index contributed by atoms with van der Waals surface area (Å²) in [5, 5.41) is 15.5. The van der Waals surface area contributed by atoms with Crippen molar-refractivity contribution in [3.63, 3.8) is 0 Å². The lowest BCUT2D eigenvalue weighted by Crippen LogP contribution is -2.15. The van der Waals surface area contributed by atoms with Gasteiger partial charge in [-0.3, -0.25) is 14.9 Å². The van der Waals surface area contributed by atoms with Crippen LogP contribution in [0.25, 0.3) is 10.2 Å². The fourth-order valence-electron chi connectivity index (χ4n) is 2.63. The molecule has 10 heteroatoms. The molecule has 0 aliphatic heterocycles. The van der Waals surface area contributed by atoms with Gasteiger partial charge in [-0.15, -0.1) is 11.3 Å². The summed E-state index contributed by atoms with van der Waals surface area (Å²) in [4.78, 5) is 34.1. The van der Waals surface area contributed by atoms with Crippen molar-refractivity contribution in [3.8, 4) is 5.75 Å². The highest BCUT2D eigenvalue weighted by Crippen LogP contribution is 2.35. The molecule has 0 bridgehead atoms. The zero-order valence-corrected chi connectivity index (χ0v) is 17.4. The Labute approximate surface area is 169 Å². The number of hydrogen-bond donors (Lipinski definition) is 1. The van der Waals surface area contributed by atoms with Crippen LogP contribution in [0.3, 0.4) is 0 Å². The van der Waals surface area contributed by atoms with E-state index in [1.165, 1.54) is 31.0 Å². The molecule has 146 valence electrons. The largest absolute Gasteiger partial charge is 0.496 e. The van der Waals surface area contributed by atoms with E-state index < -0.39 is 4.92 Å². The van der Waals surface area contributed by atoms with Gasteiger partial charge in [0.15, 0.2) is 0 Å². The second kappa shape index (κ2) is 8.11. The van der Waals surface area contributed by atoms with Gasteiger partial charge in [0.2, 0.25) is 5.91 Å². The van der Waals surface area contributed by atoms with Gasteiger partial charge in [-0.2, -0.15) is 0 Å². The number of nitro benzene ring substituents is 1. The molecule has 8 nitrogen and oxygen atoms in total. The van der Waals surface area contributed by atoms with Crippen molar-refractivity contribution in [2.75, 3.05) is 18.2 Å². The molecule has 0 saturated heterocycles. The lowest BCUT2D eigenvalue weighted by Gasteiger charge is -2.08. The molecule has 0 unspecified atom stereocenters. The van der Waals surface area contributed by atoms with Gasteiger partial charge in [-0.05, 0) is 38.5 Å². The van der Waals surface area contributed by atoms with E-state index in [1.807, 2.05) is 20.8 Å². The van der Waals surface area contributed by atoms with Gasteiger partial charge in [0.05, 0.1) is 23.9 Å². The number of fused-ring (bicyclic) bond motifs is 1. The molecule has 2 heterocycles. The topological polar surface area (TPSA) is 107 Å². The van der Waals surface area contributed by atoms with E-state index in [9.17, 15) is 14.9 Å². The summed E-state index contributed by atoms with van der Waals surface area (Å²) in [6, 6.07) is 4.29. The Morgan fingerprint density at radius 1 is 1.32 bits per heavy atom. The molecule has 0 atom stereocenters. The number of aryl methyl sites for hydroxylation is 3. The van der Waals surface area contributed by atoms with Crippen molar-refractivity contribution in [1.29, 1.82) is 0 Å². The number of nitrogens with one attached hydrogen (secondary N) is 1. The second-order valence-electron chi connectivity index (χ2n) is 6.02. The van der Waals surface area contributed by atoms with Crippen LogP contribution in [0.2, 0.25) is 0 Å². The summed E-state index contributed by atoms with van der Waals surface area (Å²) in [5.41, 5.74) is 1.01. The molecule has 28 heavy (non-hydrogen) atoms. The number of thioether (sulfide) groups is 1. The first-order valence-electron chi connectivity index (χ1n) is 8.29. The Bertz CT molecular complexity index is 1080. The summed E-state index contributed by atoms with van der Waals surface area (Å²) < 4.78 is 5.00. The average molecular weight is 419 g/mol. The van der Waals surface area contributed by atoms with Crippen LogP contribution in [0, 0.1) is 30.9 Å². The number of anilines is 1. The summed E-state index contributed by atoms with van der Waals surface area (Å²) in [6.45, 7) is 5.85. The lowest BCUT2D eigenvalue weighted by atomic mass is 10.2. The number of benzene rings is 1. The molecule has 1 aromatic carbocycles. The highest BCUT2D eigenvalue weighted by atomic mass is 32.2. The molecule has 0 saturated carbocycles. The first kappa shape index (κ1) is 20.0. The van der Waals surface area contributed by atoms with E-state index in [2.05, 4.69) is 15.3 Å². The normalized spacial score (nSPS) is 10.9. The molecule has 3 aromatic rings. The number of amides is 1. The predicted molar refractivity (Wildman–Crippen MR) is 111 cm³/mol. The Hall–Kier alpha value is -2.72. The maximum atomic E-state index is 12.4. The number of aromatic nitrogens is 2. The molecular weight excluding hydrogens is 400 g/mol. The molecule has 0 radical (unpaired) electrons. The van der Waals surface area contributed by atoms with E-state index in [-0.39, 0.29) is 23.0 Å². The summed E-state index contributed by atoms with van der Waals surface area (Å²) in [6.07, 6.45) is 0. The number of thiophene rings is 1. The van der Waals surface area contributed by atoms with Crippen molar-refractivity contribution >= 4 is 50.6 Å². The monoisotopic (exact) mass is 418 g/mol. The standard InChI is InChI=1S/C18H18N4O4S2/c1-9-10(2)28-18-16(9)17(19-11(3)20-18)27-8-15(23)21-13-6-5-12(26-4)7-14(13)22(24)25/h5-7H,8H2,1-4H3,(H,21,23). The fourth-order valence-corrected chi connectivity index (χ4v) is 4.70. The van der Waals surface area contributed by atoms with Crippen LogP contribution in [0.1, 0.15) is 16.3 Å². The minimum absolute atomic E-state index is 0.0725. The smallest absolute Gasteiger partial charge is 0.296 e. The van der Waals surface area contributed by atoms with Crippen LogP contribution in [0.15, 0.2) is 23.2 Å². The Kier molecular flexibility index (Phi) is 5.80. The molecule has 1 amide bonds. The van der Waals surface area contributed by atoms with Crippen molar-refractivity contribution < 1.29 is 14.5 Å². The van der Waals surface area contributed by atoms with Gasteiger partial charge in [-0.1, -0.05) is 11.8 Å². The van der Waals surface area contributed by atoms with Crippen molar-refractivity contribution in [1.82, 2.24) is 9.97 Å². The highest BCUT2D eigenvalue weighted by molar-refractivity contribution is 8.00. The first-order chi connectivity index (χ1) is 13.3. The van der Waals surface area contributed by atoms with E-state index >= 15 is 0 Å². The van der Waals surface area contributed by atoms with Crippen LogP contribution < -0.4 is 10.1 Å². The Balaban J connectivity index is 1.79. The van der Waals surface area contributed by atoms with Gasteiger partial charge in [0.25, 0.3) is 5.69 Å². The van der Waals surface area contributed by atoms with Gasteiger partial charge < -0.3 is 10.1 Å². The molecule has 0 spiro atoms. The minimum atomic E-state index is -0.555. The van der Waals surface area contributed by atoms with Crippen LogP contribution in [-0.4, -0.2) is 33.7 Å². The predicted octanol–water partition coefficient (Wildman–Crippen LogP) is 4.26. The number of nitrogens with zero attached hydrogens (tertiary/aromatic N) is 3. The SMILES string of the molecule is COc1ccc(NC(=O)CSc2nc(C)nc3sc(C)c(C)c23)c([N+](=O)[O-])c1. The third kappa shape index (κ3) is 4.07. The van der Waals surface area contributed by atoms with Gasteiger partial charge in [0, 0.05) is 10.3 Å². The number of rotatable bonds is 6. The molecule has 3 rings (SSSR count). The maximum Gasteiger partial charge on any atom is 0.296 e. The number of ether oxygens (including phenoxy) is 1. The van der Waals surface area contributed by atoms with Crippen LogP contribution >= 0.6 is 23.1 Å². The van der Waals surface area contributed by atoms with Crippen LogP contribution in [-0.2, 0) is 4.79 Å². The number of hydrogen-bond acceptors (Lipinski definition) is 8. The van der Waals surface area contributed by atoms with E-state index in [4.69, 9.17) is 4.74 Å². The van der Waals surface area contributed by atoms with E-state index in [0.717, 1.165) is 25.7 Å². The Morgan fingerprint density at radius 2 is 2.07 bits per heavy atom. The molecule has 1 N–H and O–H groups in total. The molecule has 2 aromatic heterocycles. The molecule has 0 aliphatic rings. The van der Waals surface area contributed by atoms with Gasteiger partial charge in [-0.25, -0.2) is 9.97 Å².